The normalized spacial score (nSPS) is 11.2. The van der Waals surface area contributed by atoms with Gasteiger partial charge in [0.1, 0.15) is 12.9 Å². The summed E-state index contributed by atoms with van der Waals surface area (Å²) in [4.78, 5) is 29.4. The van der Waals surface area contributed by atoms with Crippen LogP contribution >= 0.6 is 0 Å². The minimum absolute atomic E-state index is 0.165. The van der Waals surface area contributed by atoms with Crippen LogP contribution in [0.2, 0.25) is 0 Å². The highest BCUT2D eigenvalue weighted by molar-refractivity contribution is 5.92. The number of nitrogens with one attached hydrogen (secondary N) is 1. The molecular weight excluding hydrogens is 342 g/mol. The molecule has 2 aromatic carbocycles. The maximum atomic E-state index is 12.6. The number of rotatable bonds is 3. The molecule has 1 N–H and O–H groups in total. The summed E-state index contributed by atoms with van der Waals surface area (Å²) in [5.74, 6) is -0.303. The first-order valence-corrected chi connectivity index (χ1v) is 8.64. The van der Waals surface area contributed by atoms with E-state index in [0.717, 1.165) is 33.3 Å². The number of carbonyl (C=O) groups is 1. The Morgan fingerprint density at radius 3 is 2.63 bits per heavy atom. The number of anilines is 1. The molecule has 0 spiro atoms. The van der Waals surface area contributed by atoms with Crippen molar-refractivity contribution in [2.75, 3.05) is 5.32 Å². The second-order valence-corrected chi connectivity index (χ2v) is 6.77. The molecule has 27 heavy (non-hydrogen) atoms. The number of aromatic nitrogens is 4. The summed E-state index contributed by atoms with van der Waals surface area (Å²) in [7, 11) is 0. The van der Waals surface area contributed by atoms with Gasteiger partial charge in [-0.1, -0.05) is 23.8 Å². The van der Waals surface area contributed by atoms with Crippen LogP contribution in [0.4, 0.5) is 5.69 Å². The minimum atomic E-state index is -0.392. The van der Waals surface area contributed by atoms with Crippen molar-refractivity contribution < 1.29 is 4.79 Å². The lowest BCUT2D eigenvalue weighted by molar-refractivity contribution is -0.117. The number of fused-ring (bicyclic) bond motifs is 3. The molecule has 0 aliphatic rings. The molecule has 0 atom stereocenters. The van der Waals surface area contributed by atoms with Crippen molar-refractivity contribution in [3.8, 4) is 0 Å². The molecule has 0 aliphatic heterocycles. The van der Waals surface area contributed by atoms with E-state index in [9.17, 15) is 9.59 Å². The van der Waals surface area contributed by atoms with Gasteiger partial charge in [0.15, 0.2) is 5.65 Å². The average Bonchev–Trinajstić information content (AvgIpc) is 2.94. The monoisotopic (exact) mass is 361 g/mol. The lowest BCUT2D eigenvalue weighted by Gasteiger charge is -2.08. The first-order chi connectivity index (χ1) is 12.9. The van der Waals surface area contributed by atoms with Crippen LogP contribution in [0.25, 0.3) is 16.6 Å². The number of aryl methyl sites for hydroxylation is 3. The van der Waals surface area contributed by atoms with Gasteiger partial charge in [0, 0.05) is 11.1 Å². The van der Waals surface area contributed by atoms with Gasteiger partial charge in [-0.25, -0.2) is 18.9 Å². The molecule has 0 bridgehead atoms. The van der Waals surface area contributed by atoms with Gasteiger partial charge in [0.25, 0.3) is 0 Å². The van der Waals surface area contributed by atoms with E-state index in [0.29, 0.717) is 5.65 Å². The Morgan fingerprint density at radius 2 is 1.81 bits per heavy atom. The Labute approximate surface area is 155 Å². The summed E-state index contributed by atoms with van der Waals surface area (Å²) < 4.78 is 2.53. The van der Waals surface area contributed by atoms with Crippen molar-refractivity contribution in [1.82, 2.24) is 19.2 Å². The second kappa shape index (κ2) is 6.35. The largest absolute Gasteiger partial charge is 0.352 e. The van der Waals surface area contributed by atoms with Gasteiger partial charge in [-0.2, -0.15) is 0 Å². The SMILES string of the molecule is Cc1ccc(C)c(NC(=O)Cn2nc3c4cc(C)ccc4ncn3c2=O)c1. The van der Waals surface area contributed by atoms with Crippen molar-refractivity contribution >= 4 is 28.1 Å². The number of carbonyl (C=O) groups excluding carboxylic acids is 1. The molecule has 2 heterocycles. The first-order valence-electron chi connectivity index (χ1n) is 8.64. The van der Waals surface area contributed by atoms with Gasteiger partial charge in [-0.05, 0) is 50.1 Å². The molecule has 0 radical (unpaired) electrons. The van der Waals surface area contributed by atoms with Crippen LogP contribution in [-0.4, -0.2) is 25.1 Å². The van der Waals surface area contributed by atoms with Crippen molar-refractivity contribution in [3.05, 3.63) is 69.9 Å². The molecule has 136 valence electrons. The molecule has 2 aromatic heterocycles. The van der Waals surface area contributed by atoms with E-state index in [1.165, 1.54) is 15.4 Å². The summed E-state index contributed by atoms with van der Waals surface area (Å²) in [6, 6.07) is 11.6. The fourth-order valence-electron chi connectivity index (χ4n) is 3.07. The van der Waals surface area contributed by atoms with Crippen LogP contribution in [0, 0.1) is 20.8 Å². The van der Waals surface area contributed by atoms with E-state index in [4.69, 9.17) is 0 Å². The smallest absolute Gasteiger partial charge is 0.324 e. The molecule has 1 amide bonds. The predicted octanol–water partition coefficient (Wildman–Crippen LogP) is 2.61. The van der Waals surface area contributed by atoms with E-state index < -0.39 is 5.69 Å². The van der Waals surface area contributed by atoms with E-state index in [2.05, 4.69) is 15.4 Å². The first kappa shape index (κ1) is 17.0. The fourth-order valence-corrected chi connectivity index (χ4v) is 3.07. The zero-order chi connectivity index (χ0) is 19.1. The zero-order valence-electron chi connectivity index (χ0n) is 15.4. The molecule has 0 fully saturated rings. The van der Waals surface area contributed by atoms with E-state index in [-0.39, 0.29) is 12.5 Å². The molecule has 0 saturated heterocycles. The van der Waals surface area contributed by atoms with Crippen molar-refractivity contribution in [2.45, 2.75) is 27.3 Å². The highest BCUT2D eigenvalue weighted by atomic mass is 16.2. The van der Waals surface area contributed by atoms with E-state index in [1.807, 2.05) is 57.2 Å². The van der Waals surface area contributed by atoms with E-state index >= 15 is 0 Å². The Morgan fingerprint density at radius 1 is 1.07 bits per heavy atom. The average molecular weight is 361 g/mol. The summed E-state index contributed by atoms with van der Waals surface area (Å²) in [5.41, 5.74) is 4.65. The summed E-state index contributed by atoms with van der Waals surface area (Å²) in [6.45, 7) is 5.69. The molecule has 7 nitrogen and oxygen atoms in total. The van der Waals surface area contributed by atoms with Crippen molar-refractivity contribution in [2.24, 2.45) is 0 Å². The minimum Gasteiger partial charge on any atom is -0.324 e. The van der Waals surface area contributed by atoms with Gasteiger partial charge in [0.2, 0.25) is 5.91 Å². The maximum absolute atomic E-state index is 12.6. The second-order valence-electron chi connectivity index (χ2n) is 6.77. The number of nitrogens with zero attached hydrogens (tertiary/aromatic N) is 4. The fraction of sp³-hybridized carbons (Fsp3) is 0.200. The lowest BCUT2D eigenvalue weighted by Crippen LogP contribution is -2.28. The van der Waals surface area contributed by atoms with Crippen LogP contribution in [0.3, 0.4) is 0 Å². The molecule has 0 aliphatic carbocycles. The quantitative estimate of drug-likeness (QED) is 0.608. The van der Waals surface area contributed by atoms with Crippen LogP contribution in [0.15, 0.2) is 47.5 Å². The molecule has 4 aromatic rings. The van der Waals surface area contributed by atoms with Crippen molar-refractivity contribution in [3.63, 3.8) is 0 Å². The molecule has 4 rings (SSSR count). The van der Waals surface area contributed by atoms with Crippen molar-refractivity contribution in [1.29, 1.82) is 0 Å². The van der Waals surface area contributed by atoms with Crippen LogP contribution < -0.4 is 11.0 Å². The Hall–Kier alpha value is -3.48. The van der Waals surface area contributed by atoms with Crippen LogP contribution in [-0.2, 0) is 11.3 Å². The lowest BCUT2D eigenvalue weighted by atomic mass is 10.1. The van der Waals surface area contributed by atoms with E-state index in [1.54, 1.807) is 0 Å². The Kier molecular flexibility index (Phi) is 3.99. The number of hydrogen-bond donors (Lipinski definition) is 1. The molecule has 0 unspecified atom stereocenters. The molecule has 7 heteroatoms. The molecule has 0 saturated carbocycles. The summed E-state index contributed by atoms with van der Waals surface area (Å²) >= 11 is 0. The highest BCUT2D eigenvalue weighted by Gasteiger charge is 2.14. The maximum Gasteiger partial charge on any atom is 0.352 e. The topological polar surface area (TPSA) is 81.3 Å². The summed E-state index contributed by atoms with van der Waals surface area (Å²) in [6.07, 6.45) is 1.45. The standard InChI is InChI=1S/C20H19N5O2/c1-12-5-7-16-15(8-12)19-23-25(20(27)24(19)11-21-16)10-18(26)22-17-9-13(2)4-6-14(17)3/h4-9,11H,10H2,1-3H3,(H,22,26). The van der Waals surface area contributed by atoms with Gasteiger partial charge in [0.05, 0.1) is 5.52 Å². The van der Waals surface area contributed by atoms with Gasteiger partial charge >= 0.3 is 5.69 Å². The van der Waals surface area contributed by atoms with Gasteiger partial charge in [-0.15, -0.1) is 5.10 Å². The third-order valence-electron chi connectivity index (χ3n) is 4.54. The summed E-state index contributed by atoms with van der Waals surface area (Å²) in [5, 5.41) is 8.00. The Bertz CT molecular complexity index is 1250. The number of hydrogen-bond acceptors (Lipinski definition) is 4. The Balaban J connectivity index is 1.69. The van der Waals surface area contributed by atoms with Gasteiger partial charge in [-0.3, -0.25) is 4.79 Å². The number of benzene rings is 2. The van der Waals surface area contributed by atoms with Crippen LogP contribution in [0.1, 0.15) is 16.7 Å². The zero-order valence-corrected chi connectivity index (χ0v) is 15.4. The predicted molar refractivity (Wildman–Crippen MR) is 104 cm³/mol. The third-order valence-corrected chi connectivity index (χ3v) is 4.54. The third kappa shape index (κ3) is 3.08. The highest BCUT2D eigenvalue weighted by Crippen LogP contribution is 2.18. The molecular formula is C20H19N5O2. The van der Waals surface area contributed by atoms with Gasteiger partial charge < -0.3 is 5.32 Å². The van der Waals surface area contributed by atoms with Crippen LogP contribution in [0.5, 0.6) is 0 Å². The number of amides is 1.